The summed E-state index contributed by atoms with van der Waals surface area (Å²) in [5.74, 6) is -1.60. The first-order valence-electron chi connectivity index (χ1n) is 8.33. The lowest BCUT2D eigenvalue weighted by atomic mass is 10.2. The summed E-state index contributed by atoms with van der Waals surface area (Å²) >= 11 is 4.46. The molecule has 2 aromatic carbocycles. The van der Waals surface area contributed by atoms with Gasteiger partial charge in [-0.3, -0.25) is 9.69 Å². The summed E-state index contributed by atoms with van der Waals surface area (Å²) in [6, 6.07) is 9.07. The first kappa shape index (κ1) is 22.7. The Bertz CT molecular complexity index is 966. The average Bonchev–Trinajstić information content (AvgIpc) is 3.02. The predicted octanol–water partition coefficient (Wildman–Crippen LogP) is 5.36. The van der Waals surface area contributed by atoms with Crippen molar-refractivity contribution in [1.29, 1.82) is 0 Å². The summed E-state index contributed by atoms with van der Waals surface area (Å²) in [7, 11) is 3.91. The van der Waals surface area contributed by atoms with Crippen molar-refractivity contribution in [1.82, 2.24) is 9.88 Å². The van der Waals surface area contributed by atoms with E-state index in [0.717, 1.165) is 34.8 Å². The number of rotatable bonds is 6. The van der Waals surface area contributed by atoms with Gasteiger partial charge in [0.25, 0.3) is 5.91 Å². The van der Waals surface area contributed by atoms with Crippen molar-refractivity contribution in [3.63, 3.8) is 0 Å². The number of nitrogens with zero attached hydrogens (tertiary/aromatic N) is 3. The van der Waals surface area contributed by atoms with E-state index in [0.29, 0.717) is 21.9 Å². The maximum Gasteiger partial charge on any atom is 0.260 e. The topological polar surface area (TPSA) is 36.4 Å². The number of aromatic nitrogens is 1. The molecule has 1 heterocycles. The number of halogens is 4. The summed E-state index contributed by atoms with van der Waals surface area (Å²) in [6.07, 6.45) is 0.724. The number of carbonyl (C=O) groups excluding carboxylic acids is 1. The third-order valence-electron chi connectivity index (χ3n) is 3.96. The van der Waals surface area contributed by atoms with Gasteiger partial charge in [-0.2, -0.15) is 0 Å². The number of amides is 1. The van der Waals surface area contributed by atoms with Gasteiger partial charge in [-0.15, -0.1) is 12.4 Å². The number of thiazole rings is 1. The van der Waals surface area contributed by atoms with Gasteiger partial charge in [-0.05, 0) is 57.4 Å². The van der Waals surface area contributed by atoms with Crippen molar-refractivity contribution in [2.45, 2.75) is 6.42 Å². The first-order valence-corrected chi connectivity index (χ1v) is 9.94. The highest BCUT2D eigenvalue weighted by molar-refractivity contribution is 9.10. The minimum absolute atomic E-state index is 0. The second-order valence-electron chi connectivity index (χ2n) is 6.35. The fourth-order valence-corrected chi connectivity index (χ4v) is 3.93. The summed E-state index contributed by atoms with van der Waals surface area (Å²) in [5, 5.41) is 0.362. The summed E-state index contributed by atoms with van der Waals surface area (Å²) in [5.41, 5.74) is 0.589. The second kappa shape index (κ2) is 9.73. The molecule has 0 fully saturated rings. The molecule has 1 aromatic heterocycles. The molecule has 28 heavy (non-hydrogen) atoms. The minimum atomic E-state index is -0.725. The smallest absolute Gasteiger partial charge is 0.260 e. The van der Waals surface area contributed by atoms with Gasteiger partial charge < -0.3 is 4.90 Å². The van der Waals surface area contributed by atoms with Gasteiger partial charge >= 0.3 is 0 Å². The lowest BCUT2D eigenvalue weighted by Gasteiger charge is -2.21. The Morgan fingerprint density at radius 3 is 2.46 bits per heavy atom. The SMILES string of the molecule is CN(C)CCCN(C(=O)c1ccc(Br)cc1)c1nc2c(F)cc(F)cc2s1.Cl. The maximum atomic E-state index is 14.0. The van der Waals surface area contributed by atoms with Crippen molar-refractivity contribution in [3.8, 4) is 0 Å². The van der Waals surface area contributed by atoms with Crippen molar-refractivity contribution in [2.24, 2.45) is 0 Å². The van der Waals surface area contributed by atoms with Gasteiger partial charge in [-0.1, -0.05) is 27.3 Å². The van der Waals surface area contributed by atoms with E-state index in [4.69, 9.17) is 0 Å². The molecule has 0 aliphatic carbocycles. The quantitative estimate of drug-likeness (QED) is 0.467. The Morgan fingerprint density at radius 2 is 1.82 bits per heavy atom. The number of benzene rings is 2. The van der Waals surface area contributed by atoms with Gasteiger partial charge in [0.15, 0.2) is 10.9 Å². The Hall–Kier alpha value is -1.61. The number of anilines is 1. The summed E-state index contributed by atoms with van der Waals surface area (Å²) in [6.45, 7) is 1.22. The molecule has 1 amide bonds. The lowest BCUT2D eigenvalue weighted by Crippen LogP contribution is -2.33. The second-order valence-corrected chi connectivity index (χ2v) is 8.28. The van der Waals surface area contributed by atoms with Crippen LogP contribution in [0.4, 0.5) is 13.9 Å². The molecule has 0 atom stereocenters. The van der Waals surface area contributed by atoms with E-state index >= 15 is 0 Å². The molecule has 0 radical (unpaired) electrons. The highest BCUT2D eigenvalue weighted by atomic mass is 79.9. The zero-order chi connectivity index (χ0) is 19.6. The molecule has 0 saturated carbocycles. The van der Waals surface area contributed by atoms with Crippen LogP contribution in [0.5, 0.6) is 0 Å². The van der Waals surface area contributed by atoms with Gasteiger partial charge in [-0.25, -0.2) is 13.8 Å². The van der Waals surface area contributed by atoms with Crippen molar-refractivity contribution < 1.29 is 13.6 Å². The molecular weight excluding hydrogens is 472 g/mol. The van der Waals surface area contributed by atoms with Crippen molar-refractivity contribution in [2.75, 3.05) is 32.1 Å². The molecule has 0 aliphatic rings. The molecule has 0 N–H and O–H groups in total. The van der Waals surface area contributed by atoms with E-state index in [1.807, 2.05) is 19.0 Å². The third kappa shape index (κ3) is 5.26. The average molecular weight is 491 g/mol. The van der Waals surface area contributed by atoms with Crippen LogP contribution in [-0.4, -0.2) is 43.0 Å². The highest BCUT2D eigenvalue weighted by Gasteiger charge is 2.22. The Morgan fingerprint density at radius 1 is 1.14 bits per heavy atom. The first-order chi connectivity index (χ1) is 12.8. The van der Waals surface area contributed by atoms with E-state index < -0.39 is 11.6 Å². The van der Waals surface area contributed by atoms with Crippen LogP contribution in [0.1, 0.15) is 16.8 Å². The zero-order valence-electron chi connectivity index (χ0n) is 15.3. The van der Waals surface area contributed by atoms with Gasteiger partial charge in [0.1, 0.15) is 11.3 Å². The van der Waals surface area contributed by atoms with Crippen LogP contribution < -0.4 is 4.90 Å². The highest BCUT2D eigenvalue weighted by Crippen LogP contribution is 2.32. The van der Waals surface area contributed by atoms with Crippen LogP contribution in [-0.2, 0) is 0 Å². The van der Waals surface area contributed by atoms with Crippen LogP contribution in [0.3, 0.4) is 0 Å². The molecule has 3 aromatic rings. The normalized spacial score (nSPS) is 10.9. The van der Waals surface area contributed by atoms with E-state index in [1.165, 1.54) is 11.0 Å². The van der Waals surface area contributed by atoms with Crippen LogP contribution in [0.15, 0.2) is 40.9 Å². The molecule has 4 nitrogen and oxygen atoms in total. The zero-order valence-corrected chi connectivity index (χ0v) is 18.5. The van der Waals surface area contributed by atoms with Crippen LogP contribution in [0.2, 0.25) is 0 Å². The Kier molecular flexibility index (Phi) is 7.88. The number of carbonyl (C=O) groups is 1. The standard InChI is InChI=1S/C19H18BrF2N3OS.ClH/c1-24(2)8-3-9-25(18(26)12-4-6-13(20)7-5-12)19-23-17-15(22)10-14(21)11-16(17)27-19;/h4-7,10-11H,3,8-9H2,1-2H3;1H. The largest absolute Gasteiger partial charge is 0.309 e. The fraction of sp³-hybridized carbons (Fsp3) is 0.263. The summed E-state index contributed by atoms with van der Waals surface area (Å²) < 4.78 is 28.8. The number of fused-ring (bicyclic) bond motifs is 1. The van der Waals surface area contributed by atoms with E-state index in [-0.39, 0.29) is 23.8 Å². The van der Waals surface area contributed by atoms with Crippen LogP contribution >= 0.6 is 39.7 Å². The molecule has 0 unspecified atom stereocenters. The Balaban J connectivity index is 0.00000280. The third-order valence-corrected chi connectivity index (χ3v) is 5.51. The Labute approximate surface area is 180 Å². The van der Waals surface area contributed by atoms with Gasteiger partial charge in [0.2, 0.25) is 0 Å². The van der Waals surface area contributed by atoms with Crippen molar-refractivity contribution in [3.05, 3.63) is 58.1 Å². The predicted molar refractivity (Wildman–Crippen MR) is 116 cm³/mol. The maximum absolute atomic E-state index is 14.0. The van der Waals surface area contributed by atoms with E-state index in [2.05, 4.69) is 20.9 Å². The molecule has 3 rings (SSSR count). The molecule has 150 valence electrons. The number of hydrogen-bond acceptors (Lipinski definition) is 4. The molecule has 9 heteroatoms. The molecule has 0 saturated heterocycles. The molecule has 0 aliphatic heterocycles. The lowest BCUT2D eigenvalue weighted by molar-refractivity contribution is 0.0986. The van der Waals surface area contributed by atoms with Gasteiger partial charge in [0, 0.05) is 22.6 Å². The fourth-order valence-electron chi connectivity index (χ4n) is 2.64. The van der Waals surface area contributed by atoms with E-state index in [1.54, 1.807) is 24.3 Å². The number of hydrogen-bond donors (Lipinski definition) is 0. The van der Waals surface area contributed by atoms with E-state index in [9.17, 15) is 13.6 Å². The van der Waals surface area contributed by atoms with Crippen LogP contribution in [0.25, 0.3) is 10.2 Å². The van der Waals surface area contributed by atoms with Gasteiger partial charge in [0.05, 0.1) is 4.70 Å². The monoisotopic (exact) mass is 489 g/mol. The molecule has 0 spiro atoms. The van der Waals surface area contributed by atoms with Crippen LogP contribution in [0, 0.1) is 11.6 Å². The minimum Gasteiger partial charge on any atom is -0.309 e. The molecular formula is C19H19BrClF2N3OS. The van der Waals surface area contributed by atoms with Crippen molar-refractivity contribution >= 4 is 60.9 Å². The summed E-state index contributed by atoms with van der Waals surface area (Å²) in [4.78, 5) is 20.9. The molecule has 0 bridgehead atoms.